The first kappa shape index (κ1) is 14.7. The molecule has 0 fully saturated rings. The fraction of sp³-hybridized carbons (Fsp3) is 0.417. The van der Waals surface area contributed by atoms with Gasteiger partial charge in [0.1, 0.15) is 11.9 Å². The number of amides is 1. The lowest BCUT2D eigenvalue weighted by atomic mass is 10.2. The van der Waals surface area contributed by atoms with Gasteiger partial charge in [-0.1, -0.05) is 0 Å². The largest absolute Gasteiger partial charge is 0.478 e. The molecule has 7 nitrogen and oxygen atoms in total. The lowest BCUT2D eigenvalue weighted by molar-refractivity contribution is -0.130. The van der Waals surface area contributed by atoms with Crippen LogP contribution in [0.15, 0.2) is 12.3 Å². The number of anilines is 2. The molecule has 0 bridgehead atoms. The Labute approximate surface area is 111 Å². The maximum Gasteiger partial charge on any atom is 0.337 e. The van der Waals surface area contributed by atoms with Crippen LogP contribution in [0.4, 0.5) is 11.5 Å². The van der Waals surface area contributed by atoms with Gasteiger partial charge in [0.25, 0.3) is 0 Å². The number of nitrogens with two attached hydrogens (primary N) is 1. The molecule has 1 unspecified atom stereocenters. The lowest BCUT2D eigenvalue weighted by Crippen LogP contribution is -2.39. The van der Waals surface area contributed by atoms with Crippen molar-refractivity contribution >= 4 is 23.4 Å². The van der Waals surface area contributed by atoms with E-state index in [-0.39, 0.29) is 17.2 Å². The van der Waals surface area contributed by atoms with Crippen LogP contribution in [0.1, 0.15) is 24.2 Å². The average Bonchev–Trinajstić information content (AvgIpc) is 2.38. The molecule has 7 heteroatoms. The SMILES string of the molecule is CCN(C)C(=O)C(C)Nc1cc(C(=O)O)c(N)cn1. The van der Waals surface area contributed by atoms with Crippen molar-refractivity contribution < 1.29 is 14.7 Å². The van der Waals surface area contributed by atoms with Gasteiger partial charge in [-0.2, -0.15) is 0 Å². The Morgan fingerprint density at radius 2 is 2.21 bits per heavy atom. The topological polar surface area (TPSA) is 109 Å². The molecule has 1 heterocycles. The van der Waals surface area contributed by atoms with E-state index in [1.165, 1.54) is 12.3 Å². The first-order valence-corrected chi connectivity index (χ1v) is 5.87. The number of likely N-dealkylation sites (N-methyl/N-ethyl adjacent to an activating group) is 1. The van der Waals surface area contributed by atoms with Crippen LogP contribution in [-0.2, 0) is 4.79 Å². The zero-order valence-corrected chi connectivity index (χ0v) is 11.2. The highest BCUT2D eigenvalue weighted by atomic mass is 16.4. The summed E-state index contributed by atoms with van der Waals surface area (Å²) in [5.74, 6) is -0.928. The molecule has 1 amide bonds. The average molecular weight is 266 g/mol. The van der Waals surface area contributed by atoms with Crippen molar-refractivity contribution in [3.8, 4) is 0 Å². The number of hydrogen-bond acceptors (Lipinski definition) is 5. The van der Waals surface area contributed by atoms with Crippen molar-refractivity contribution in [2.24, 2.45) is 0 Å². The van der Waals surface area contributed by atoms with E-state index in [1.54, 1.807) is 18.9 Å². The number of carboxylic acids is 1. The van der Waals surface area contributed by atoms with E-state index in [0.717, 1.165) is 0 Å². The molecular weight excluding hydrogens is 248 g/mol. The van der Waals surface area contributed by atoms with E-state index in [1.807, 2.05) is 6.92 Å². The molecule has 0 spiro atoms. The standard InChI is InChI=1S/C12H18N4O3/c1-4-16(3)11(17)7(2)15-10-5-8(12(18)19)9(13)6-14-10/h5-7H,4,13H2,1-3H3,(H,14,15)(H,18,19). The summed E-state index contributed by atoms with van der Waals surface area (Å²) in [6, 6.07) is 0.815. The molecule has 0 aliphatic rings. The van der Waals surface area contributed by atoms with Crippen molar-refractivity contribution in [1.82, 2.24) is 9.88 Å². The van der Waals surface area contributed by atoms with E-state index in [0.29, 0.717) is 12.4 Å². The maximum absolute atomic E-state index is 11.9. The Morgan fingerprint density at radius 1 is 1.58 bits per heavy atom. The van der Waals surface area contributed by atoms with Crippen LogP contribution < -0.4 is 11.1 Å². The number of carbonyl (C=O) groups excluding carboxylic acids is 1. The third-order valence-corrected chi connectivity index (χ3v) is 2.75. The fourth-order valence-electron chi connectivity index (χ4n) is 1.50. The Hall–Kier alpha value is -2.31. The van der Waals surface area contributed by atoms with E-state index in [2.05, 4.69) is 10.3 Å². The van der Waals surface area contributed by atoms with Crippen LogP contribution in [0.3, 0.4) is 0 Å². The van der Waals surface area contributed by atoms with Crippen molar-refractivity contribution in [3.63, 3.8) is 0 Å². The molecule has 0 saturated heterocycles. The van der Waals surface area contributed by atoms with Gasteiger partial charge < -0.3 is 21.1 Å². The molecule has 4 N–H and O–H groups in total. The van der Waals surface area contributed by atoms with Gasteiger partial charge in [-0.3, -0.25) is 4.79 Å². The molecule has 1 aromatic heterocycles. The molecule has 1 atom stereocenters. The van der Waals surface area contributed by atoms with E-state index in [4.69, 9.17) is 10.8 Å². The molecule has 19 heavy (non-hydrogen) atoms. The summed E-state index contributed by atoms with van der Waals surface area (Å²) in [4.78, 5) is 28.3. The Balaban J connectivity index is 2.86. The molecular formula is C12H18N4O3. The predicted molar refractivity (Wildman–Crippen MR) is 72.0 cm³/mol. The third-order valence-electron chi connectivity index (χ3n) is 2.75. The molecule has 0 aliphatic carbocycles. The van der Waals surface area contributed by atoms with E-state index in [9.17, 15) is 9.59 Å². The summed E-state index contributed by atoms with van der Waals surface area (Å²) >= 11 is 0. The van der Waals surface area contributed by atoms with Crippen molar-refractivity contribution in [3.05, 3.63) is 17.8 Å². The second-order valence-corrected chi connectivity index (χ2v) is 4.18. The Kier molecular flexibility index (Phi) is 4.68. The number of hydrogen-bond donors (Lipinski definition) is 3. The molecule has 0 aromatic carbocycles. The molecule has 0 aliphatic heterocycles. The van der Waals surface area contributed by atoms with Gasteiger partial charge in [0, 0.05) is 13.6 Å². The van der Waals surface area contributed by atoms with Gasteiger partial charge in [0.05, 0.1) is 17.4 Å². The van der Waals surface area contributed by atoms with Crippen molar-refractivity contribution in [2.75, 3.05) is 24.6 Å². The minimum Gasteiger partial charge on any atom is -0.478 e. The first-order valence-electron chi connectivity index (χ1n) is 5.87. The number of nitrogens with zero attached hydrogens (tertiary/aromatic N) is 2. The number of aromatic nitrogens is 1. The van der Waals surface area contributed by atoms with Crippen molar-refractivity contribution in [2.45, 2.75) is 19.9 Å². The quantitative estimate of drug-likeness (QED) is 0.721. The summed E-state index contributed by atoms with van der Waals surface area (Å²) in [5, 5.41) is 11.8. The number of nitrogen functional groups attached to an aromatic ring is 1. The molecule has 104 valence electrons. The number of nitrogens with one attached hydrogen (secondary N) is 1. The fourth-order valence-corrected chi connectivity index (χ4v) is 1.50. The number of carboxylic acid groups (broad SMARTS) is 1. The zero-order valence-electron chi connectivity index (χ0n) is 11.2. The molecule has 0 saturated carbocycles. The Morgan fingerprint density at radius 3 is 2.74 bits per heavy atom. The summed E-state index contributed by atoms with van der Waals surface area (Å²) in [6.45, 7) is 4.15. The molecule has 0 radical (unpaired) electrons. The van der Waals surface area contributed by atoms with Gasteiger partial charge in [0.15, 0.2) is 0 Å². The summed E-state index contributed by atoms with van der Waals surface area (Å²) in [5.41, 5.74) is 5.55. The van der Waals surface area contributed by atoms with Crippen LogP contribution >= 0.6 is 0 Å². The normalized spacial score (nSPS) is 11.7. The van der Waals surface area contributed by atoms with E-state index >= 15 is 0 Å². The minimum absolute atomic E-state index is 0.0407. The zero-order chi connectivity index (χ0) is 14.6. The maximum atomic E-state index is 11.9. The number of aromatic carboxylic acids is 1. The van der Waals surface area contributed by atoms with Crippen LogP contribution in [0.5, 0.6) is 0 Å². The monoisotopic (exact) mass is 266 g/mol. The van der Waals surface area contributed by atoms with Crippen LogP contribution in [-0.4, -0.2) is 46.5 Å². The van der Waals surface area contributed by atoms with Gasteiger partial charge in [-0.05, 0) is 19.9 Å². The van der Waals surface area contributed by atoms with Crippen LogP contribution in [0.25, 0.3) is 0 Å². The first-order chi connectivity index (χ1) is 8.86. The van der Waals surface area contributed by atoms with Crippen LogP contribution in [0.2, 0.25) is 0 Å². The number of carbonyl (C=O) groups is 2. The van der Waals surface area contributed by atoms with Gasteiger partial charge in [-0.25, -0.2) is 9.78 Å². The molecule has 1 aromatic rings. The van der Waals surface area contributed by atoms with Gasteiger partial charge >= 0.3 is 5.97 Å². The van der Waals surface area contributed by atoms with Gasteiger partial charge in [0.2, 0.25) is 5.91 Å². The summed E-state index contributed by atoms with van der Waals surface area (Å²) in [6.07, 6.45) is 1.26. The minimum atomic E-state index is -1.13. The third kappa shape index (κ3) is 3.57. The molecule has 1 rings (SSSR count). The van der Waals surface area contributed by atoms with E-state index < -0.39 is 12.0 Å². The summed E-state index contributed by atoms with van der Waals surface area (Å²) in [7, 11) is 1.69. The second-order valence-electron chi connectivity index (χ2n) is 4.18. The van der Waals surface area contributed by atoms with Gasteiger partial charge in [-0.15, -0.1) is 0 Å². The Bertz CT molecular complexity index is 490. The second kappa shape index (κ2) is 6.03. The van der Waals surface area contributed by atoms with Crippen LogP contribution in [0, 0.1) is 0 Å². The predicted octanol–water partition coefficient (Wildman–Crippen LogP) is 0.641. The highest BCUT2D eigenvalue weighted by Crippen LogP contribution is 2.15. The smallest absolute Gasteiger partial charge is 0.337 e. The number of pyridine rings is 1. The lowest BCUT2D eigenvalue weighted by Gasteiger charge is -2.21. The van der Waals surface area contributed by atoms with Crippen molar-refractivity contribution in [1.29, 1.82) is 0 Å². The summed E-state index contributed by atoms with van der Waals surface area (Å²) < 4.78 is 0. The highest BCUT2D eigenvalue weighted by molar-refractivity contribution is 5.94. The highest BCUT2D eigenvalue weighted by Gasteiger charge is 2.17. The number of rotatable bonds is 5.